The number of nitrogens with zero attached hydrogens (tertiary/aromatic N) is 2. The lowest BCUT2D eigenvalue weighted by atomic mass is 10.0. The highest BCUT2D eigenvalue weighted by Gasteiger charge is 2.35. The van der Waals surface area contributed by atoms with Crippen molar-refractivity contribution in [2.75, 3.05) is 26.2 Å². The summed E-state index contributed by atoms with van der Waals surface area (Å²) in [7, 11) is 0. The van der Waals surface area contributed by atoms with Crippen molar-refractivity contribution in [1.82, 2.24) is 9.80 Å². The van der Waals surface area contributed by atoms with E-state index in [2.05, 4.69) is 4.90 Å². The summed E-state index contributed by atoms with van der Waals surface area (Å²) in [6, 6.07) is 7.67. The number of piperidine rings is 1. The molecule has 2 aliphatic heterocycles. The fraction of sp³-hybridized carbons (Fsp3) is 0.632. The van der Waals surface area contributed by atoms with Crippen LogP contribution >= 0.6 is 0 Å². The molecule has 0 N–H and O–H groups in total. The molecule has 0 atom stereocenters. The van der Waals surface area contributed by atoms with Gasteiger partial charge in [-0.05, 0) is 43.6 Å². The standard InChI is InChI=1S/C19H26F2N2O/c20-19(21)8-12-23(13-9-19)18(24)17-7-5-6-16(14-17)15-22-10-3-1-2-4-11-22/h5-7,14H,1-4,8-13,15H2. The van der Waals surface area contributed by atoms with Crippen molar-refractivity contribution in [2.45, 2.75) is 51.0 Å². The summed E-state index contributed by atoms with van der Waals surface area (Å²) < 4.78 is 26.5. The molecular formula is C19H26F2N2O. The number of rotatable bonds is 3. The largest absolute Gasteiger partial charge is 0.338 e. The van der Waals surface area contributed by atoms with Crippen LogP contribution in [0.4, 0.5) is 8.78 Å². The quantitative estimate of drug-likeness (QED) is 0.835. The topological polar surface area (TPSA) is 23.6 Å². The lowest BCUT2D eigenvalue weighted by Crippen LogP contribution is -2.42. The molecular weight excluding hydrogens is 310 g/mol. The second-order valence-electron chi connectivity index (χ2n) is 7.04. The molecule has 3 rings (SSSR count). The van der Waals surface area contributed by atoms with Gasteiger partial charge in [0, 0.05) is 38.0 Å². The van der Waals surface area contributed by atoms with Crippen LogP contribution in [0.2, 0.25) is 0 Å². The van der Waals surface area contributed by atoms with Crippen LogP contribution in [0.5, 0.6) is 0 Å². The number of benzene rings is 1. The maximum absolute atomic E-state index is 13.3. The number of amides is 1. The van der Waals surface area contributed by atoms with E-state index in [1.807, 2.05) is 18.2 Å². The molecule has 24 heavy (non-hydrogen) atoms. The Morgan fingerprint density at radius 2 is 1.67 bits per heavy atom. The number of carbonyl (C=O) groups excluding carboxylic acids is 1. The third-order valence-corrected chi connectivity index (χ3v) is 5.06. The van der Waals surface area contributed by atoms with Gasteiger partial charge in [-0.15, -0.1) is 0 Å². The molecule has 0 spiro atoms. The highest BCUT2D eigenvalue weighted by Crippen LogP contribution is 2.28. The van der Waals surface area contributed by atoms with E-state index in [4.69, 9.17) is 0 Å². The summed E-state index contributed by atoms with van der Waals surface area (Å²) >= 11 is 0. The number of hydrogen-bond acceptors (Lipinski definition) is 2. The van der Waals surface area contributed by atoms with Gasteiger partial charge in [0.1, 0.15) is 0 Å². The van der Waals surface area contributed by atoms with Crippen molar-refractivity contribution in [3.63, 3.8) is 0 Å². The van der Waals surface area contributed by atoms with Crippen LogP contribution in [0, 0.1) is 0 Å². The van der Waals surface area contributed by atoms with Gasteiger partial charge in [0.25, 0.3) is 11.8 Å². The zero-order valence-corrected chi connectivity index (χ0v) is 14.1. The van der Waals surface area contributed by atoms with E-state index >= 15 is 0 Å². The second-order valence-corrected chi connectivity index (χ2v) is 7.04. The van der Waals surface area contributed by atoms with E-state index in [0.717, 1.165) is 25.2 Å². The maximum Gasteiger partial charge on any atom is 0.253 e. The molecule has 3 nitrogen and oxygen atoms in total. The van der Waals surface area contributed by atoms with E-state index in [0.29, 0.717) is 5.56 Å². The van der Waals surface area contributed by atoms with Crippen molar-refractivity contribution >= 4 is 5.91 Å². The van der Waals surface area contributed by atoms with Gasteiger partial charge in [-0.3, -0.25) is 9.69 Å². The van der Waals surface area contributed by atoms with Gasteiger partial charge >= 0.3 is 0 Å². The molecule has 0 bridgehead atoms. The third-order valence-electron chi connectivity index (χ3n) is 5.06. The number of carbonyl (C=O) groups is 1. The van der Waals surface area contributed by atoms with Gasteiger partial charge < -0.3 is 4.90 Å². The summed E-state index contributed by atoms with van der Waals surface area (Å²) in [5.41, 5.74) is 1.75. The Labute approximate surface area is 142 Å². The SMILES string of the molecule is O=C(c1cccc(CN2CCCCCC2)c1)N1CCC(F)(F)CC1. The van der Waals surface area contributed by atoms with Crippen LogP contribution in [0.3, 0.4) is 0 Å². The minimum atomic E-state index is -2.62. The smallest absolute Gasteiger partial charge is 0.253 e. The summed E-state index contributed by atoms with van der Waals surface area (Å²) in [6.45, 7) is 3.36. The van der Waals surface area contributed by atoms with Crippen molar-refractivity contribution in [1.29, 1.82) is 0 Å². The lowest BCUT2D eigenvalue weighted by Gasteiger charge is -2.32. The molecule has 132 valence electrons. The molecule has 1 amide bonds. The van der Waals surface area contributed by atoms with Gasteiger partial charge in [-0.1, -0.05) is 25.0 Å². The van der Waals surface area contributed by atoms with Crippen LogP contribution < -0.4 is 0 Å². The van der Waals surface area contributed by atoms with Crippen molar-refractivity contribution in [3.05, 3.63) is 35.4 Å². The minimum absolute atomic E-state index is 0.122. The number of likely N-dealkylation sites (tertiary alicyclic amines) is 2. The first-order valence-electron chi connectivity index (χ1n) is 9.02. The van der Waals surface area contributed by atoms with Gasteiger partial charge in [-0.2, -0.15) is 0 Å². The molecule has 2 aliphatic rings. The molecule has 0 aliphatic carbocycles. The zero-order chi connectivity index (χ0) is 17.0. The molecule has 2 fully saturated rings. The maximum atomic E-state index is 13.3. The van der Waals surface area contributed by atoms with Crippen molar-refractivity contribution in [3.8, 4) is 0 Å². The Bertz CT molecular complexity index is 558. The van der Waals surface area contributed by atoms with Crippen LogP contribution in [-0.4, -0.2) is 47.8 Å². The molecule has 0 saturated carbocycles. The first kappa shape index (κ1) is 17.3. The normalized spacial score (nSPS) is 22.2. The lowest BCUT2D eigenvalue weighted by molar-refractivity contribution is -0.0494. The van der Waals surface area contributed by atoms with Gasteiger partial charge in [0.15, 0.2) is 0 Å². The number of alkyl halides is 2. The van der Waals surface area contributed by atoms with Crippen molar-refractivity contribution in [2.24, 2.45) is 0 Å². The van der Waals surface area contributed by atoms with E-state index in [-0.39, 0.29) is 31.8 Å². The Morgan fingerprint density at radius 3 is 2.33 bits per heavy atom. The average molecular weight is 336 g/mol. The first-order chi connectivity index (χ1) is 11.5. The Kier molecular flexibility index (Phi) is 5.49. The summed E-state index contributed by atoms with van der Waals surface area (Å²) in [6.07, 6.45) is 4.61. The fourth-order valence-electron chi connectivity index (χ4n) is 3.57. The summed E-state index contributed by atoms with van der Waals surface area (Å²) in [5, 5.41) is 0. The Balaban J connectivity index is 1.63. The minimum Gasteiger partial charge on any atom is -0.338 e. The summed E-state index contributed by atoms with van der Waals surface area (Å²) in [4.78, 5) is 16.6. The molecule has 0 unspecified atom stereocenters. The van der Waals surface area contributed by atoms with E-state index < -0.39 is 5.92 Å². The van der Waals surface area contributed by atoms with Gasteiger partial charge in [0.05, 0.1) is 0 Å². The summed E-state index contributed by atoms with van der Waals surface area (Å²) in [5.74, 6) is -2.74. The highest BCUT2D eigenvalue weighted by molar-refractivity contribution is 5.94. The van der Waals surface area contributed by atoms with Crippen molar-refractivity contribution < 1.29 is 13.6 Å². The predicted octanol–water partition coefficient (Wildman–Crippen LogP) is 3.93. The molecule has 2 saturated heterocycles. The number of hydrogen-bond donors (Lipinski definition) is 0. The molecule has 1 aromatic carbocycles. The van der Waals surface area contributed by atoms with Crippen LogP contribution in [0.15, 0.2) is 24.3 Å². The van der Waals surface area contributed by atoms with E-state index in [9.17, 15) is 13.6 Å². The van der Waals surface area contributed by atoms with Crippen LogP contribution in [0.25, 0.3) is 0 Å². The van der Waals surface area contributed by atoms with Gasteiger partial charge in [-0.25, -0.2) is 8.78 Å². The monoisotopic (exact) mass is 336 g/mol. The first-order valence-corrected chi connectivity index (χ1v) is 9.02. The molecule has 0 radical (unpaired) electrons. The Morgan fingerprint density at radius 1 is 1.00 bits per heavy atom. The molecule has 2 heterocycles. The van der Waals surface area contributed by atoms with Crippen LogP contribution in [0.1, 0.15) is 54.4 Å². The third kappa shape index (κ3) is 4.53. The second kappa shape index (κ2) is 7.60. The fourth-order valence-corrected chi connectivity index (χ4v) is 3.57. The zero-order valence-electron chi connectivity index (χ0n) is 14.1. The average Bonchev–Trinajstić information content (AvgIpc) is 2.83. The van der Waals surface area contributed by atoms with E-state index in [1.54, 1.807) is 11.0 Å². The predicted molar refractivity (Wildman–Crippen MR) is 90.3 cm³/mol. The molecule has 5 heteroatoms. The van der Waals surface area contributed by atoms with E-state index in [1.165, 1.54) is 25.7 Å². The van der Waals surface area contributed by atoms with Gasteiger partial charge in [0.2, 0.25) is 0 Å². The number of halogens is 2. The molecule has 1 aromatic rings. The Hall–Kier alpha value is -1.49. The molecule has 0 aromatic heterocycles. The highest BCUT2D eigenvalue weighted by atomic mass is 19.3. The van der Waals surface area contributed by atoms with Crippen LogP contribution in [-0.2, 0) is 6.54 Å².